The Bertz CT molecular complexity index is 780. The summed E-state index contributed by atoms with van der Waals surface area (Å²) in [6, 6.07) is 12.9. The van der Waals surface area contributed by atoms with E-state index >= 15 is 0 Å². The summed E-state index contributed by atoms with van der Waals surface area (Å²) >= 11 is 0. The van der Waals surface area contributed by atoms with Crippen LogP contribution >= 0.6 is 0 Å². The fourth-order valence-corrected chi connectivity index (χ4v) is 3.28. The van der Waals surface area contributed by atoms with Crippen molar-refractivity contribution in [2.75, 3.05) is 13.1 Å². The van der Waals surface area contributed by atoms with Crippen molar-refractivity contribution < 1.29 is 4.79 Å². The topological polar surface area (TPSA) is 54.3 Å². The number of nitrogens with zero attached hydrogens (tertiary/aromatic N) is 2. The molecule has 0 radical (unpaired) electrons. The summed E-state index contributed by atoms with van der Waals surface area (Å²) in [5.41, 5.74) is 1.29. The molecule has 1 fully saturated rings. The fourth-order valence-electron chi connectivity index (χ4n) is 3.28. The Morgan fingerprint density at radius 2 is 1.92 bits per heavy atom. The first kappa shape index (κ1) is 17.4. The number of benzene rings is 1. The van der Waals surface area contributed by atoms with Gasteiger partial charge in [0.1, 0.15) is 0 Å². The van der Waals surface area contributed by atoms with Gasteiger partial charge in [-0.05, 0) is 63.6 Å². The van der Waals surface area contributed by atoms with Crippen molar-refractivity contribution in [1.82, 2.24) is 14.8 Å². The summed E-state index contributed by atoms with van der Waals surface area (Å²) in [6.45, 7) is 6.38. The molecule has 1 unspecified atom stereocenters. The number of likely N-dealkylation sites (tertiary alicyclic amines) is 1. The lowest BCUT2D eigenvalue weighted by Crippen LogP contribution is -2.49. The third kappa shape index (κ3) is 4.17. The molecule has 1 N–H and O–H groups in total. The summed E-state index contributed by atoms with van der Waals surface area (Å²) in [6.07, 6.45) is 3.85. The zero-order valence-corrected chi connectivity index (χ0v) is 14.8. The van der Waals surface area contributed by atoms with Gasteiger partial charge in [0.2, 0.25) is 0 Å². The monoisotopic (exact) mass is 339 g/mol. The van der Waals surface area contributed by atoms with Crippen molar-refractivity contribution in [3.05, 3.63) is 64.6 Å². The Labute approximate surface area is 148 Å². The van der Waals surface area contributed by atoms with E-state index in [0.717, 1.165) is 31.6 Å². The number of pyridine rings is 1. The minimum absolute atomic E-state index is 0.0532. The van der Waals surface area contributed by atoms with Crippen LogP contribution in [0.4, 0.5) is 0 Å². The third-order valence-corrected chi connectivity index (χ3v) is 4.75. The van der Waals surface area contributed by atoms with E-state index < -0.39 is 0 Å². The van der Waals surface area contributed by atoms with E-state index in [1.54, 1.807) is 41.1 Å². The maximum atomic E-state index is 12.5. The number of piperidine rings is 1. The molecule has 132 valence electrons. The van der Waals surface area contributed by atoms with Gasteiger partial charge < -0.3 is 5.32 Å². The lowest BCUT2D eigenvalue weighted by atomic mass is 10.0. The molecule has 0 aliphatic carbocycles. The number of aromatic nitrogens is 1. The smallest absolute Gasteiger partial charge is 0.255 e. The van der Waals surface area contributed by atoms with Gasteiger partial charge in [0.25, 0.3) is 11.5 Å². The van der Waals surface area contributed by atoms with Gasteiger partial charge in [0.05, 0.1) is 0 Å². The molecule has 1 saturated heterocycles. The molecule has 25 heavy (non-hydrogen) atoms. The molecule has 3 rings (SSSR count). The molecular weight excluding hydrogens is 314 g/mol. The van der Waals surface area contributed by atoms with E-state index in [4.69, 9.17) is 0 Å². The molecule has 1 aliphatic heterocycles. The Kier molecular flexibility index (Phi) is 5.34. The van der Waals surface area contributed by atoms with Crippen molar-refractivity contribution in [1.29, 1.82) is 0 Å². The molecule has 2 heterocycles. The van der Waals surface area contributed by atoms with Crippen LogP contribution in [0.5, 0.6) is 0 Å². The van der Waals surface area contributed by atoms with Gasteiger partial charge in [-0.15, -0.1) is 0 Å². The Morgan fingerprint density at radius 1 is 1.16 bits per heavy atom. The largest absolute Gasteiger partial charge is 0.348 e. The van der Waals surface area contributed by atoms with Gasteiger partial charge in [-0.3, -0.25) is 19.1 Å². The number of rotatable bonds is 4. The molecule has 5 nitrogen and oxygen atoms in total. The molecule has 0 spiro atoms. The molecule has 2 aromatic rings. The SMILES string of the molecule is CC(C)N1CCCC(NC(=O)c2ccc(-n3ccccc3=O)cc2)C1. The molecule has 0 bridgehead atoms. The highest BCUT2D eigenvalue weighted by Gasteiger charge is 2.23. The van der Waals surface area contributed by atoms with Crippen LogP contribution in [0.2, 0.25) is 0 Å². The van der Waals surface area contributed by atoms with E-state index in [1.165, 1.54) is 6.07 Å². The van der Waals surface area contributed by atoms with Crippen LogP contribution in [-0.4, -0.2) is 40.5 Å². The average Bonchev–Trinajstić information content (AvgIpc) is 2.62. The third-order valence-electron chi connectivity index (χ3n) is 4.75. The van der Waals surface area contributed by atoms with Crippen LogP contribution in [0.3, 0.4) is 0 Å². The van der Waals surface area contributed by atoms with E-state index in [-0.39, 0.29) is 17.5 Å². The van der Waals surface area contributed by atoms with Crippen molar-refractivity contribution in [2.24, 2.45) is 0 Å². The van der Waals surface area contributed by atoms with E-state index in [1.807, 2.05) is 6.07 Å². The summed E-state index contributed by atoms with van der Waals surface area (Å²) in [5.74, 6) is -0.0532. The maximum Gasteiger partial charge on any atom is 0.255 e. The average molecular weight is 339 g/mol. The number of carbonyl (C=O) groups excluding carboxylic acids is 1. The first-order chi connectivity index (χ1) is 12.0. The van der Waals surface area contributed by atoms with Crippen LogP contribution in [0.1, 0.15) is 37.0 Å². The summed E-state index contributed by atoms with van der Waals surface area (Å²) in [5, 5.41) is 3.14. The van der Waals surface area contributed by atoms with E-state index in [9.17, 15) is 9.59 Å². The fraction of sp³-hybridized carbons (Fsp3) is 0.400. The second-order valence-corrected chi connectivity index (χ2v) is 6.86. The molecule has 0 saturated carbocycles. The normalized spacial score (nSPS) is 18.3. The van der Waals surface area contributed by atoms with E-state index in [2.05, 4.69) is 24.1 Å². The Hall–Kier alpha value is -2.40. The van der Waals surface area contributed by atoms with Crippen molar-refractivity contribution in [2.45, 2.75) is 38.8 Å². The highest BCUT2D eigenvalue weighted by molar-refractivity contribution is 5.94. The predicted octanol–water partition coefficient (Wildman–Crippen LogP) is 2.44. The minimum atomic E-state index is -0.0873. The highest BCUT2D eigenvalue weighted by atomic mass is 16.1. The number of carbonyl (C=O) groups is 1. The number of hydrogen-bond donors (Lipinski definition) is 1. The van der Waals surface area contributed by atoms with Crippen LogP contribution in [-0.2, 0) is 0 Å². The number of nitrogens with one attached hydrogen (secondary N) is 1. The molecule has 1 aromatic heterocycles. The first-order valence-corrected chi connectivity index (χ1v) is 8.87. The highest BCUT2D eigenvalue weighted by Crippen LogP contribution is 2.14. The quantitative estimate of drug-likeness (QED) is 0.931. The van der Waals surface area contributed by atoms with Crippen LogP contribution in [0.15, 0.2) is 53.5 Å². The molecule has 1 atom stereocenters. The van der Waals surface area contributed by atoms with Gasteiger partial charge in [-0.1, -0.05) is 6.07 Å². The number of hydrogen-bond acceptors (Lipinski definition) is 3. The molecule has 1 aromatic carbocycles. The first-order valence-electron chi connectivity index (χ1n) is 8.87. The summed E-state index contributed by atoms with van der Waals surface area (Å²) < 4.78 is 1.56. The molecule has 5 heteroatoms. The van der Waals surface area contributed by atoms with Crippen LogP contribution in [0.25, 0.3) is 5.69 Å². The Morgan fingerprint density at radius 3 is 2.60 bits per heavy atom. The second-order valence-electron chi connectivity index (χ2n) is 6.86. The minimum Gasteiger partial charge on any atom is -0.348 e. The summed E-state index contributed by atoms with van der Waals surface area (Å²) in [7, 11) is 0. The van der Waals surface area contributed by atoms with Crippen molar-refractivity contribution in [3.63, 3.8) is 0 Å². The van der Waals surface area contributed by atoms with Crippen molar-refractivity contribution >= 4 is 5.91 Å². The van der Waals surface area contributed by atoms with Crippen molar-refractivity contribution in [3.8, 4) is 5.69 Å². The molecule has 1 amide bonds. The van der Waals surface area contributed by atoms with Gasteiger partial charge >= 0.3 is 0 Å². The zero-order valence-electron chi connectivity index (χ0n) is 14.8. The van der Waals surface area contributed by atoms with Gasteiger partial charge in [0, 0.05) is 42.1 Å². The van der Waals surface area contributed by atoms with Gasteiger partial charge in [0.15, 0.2) is 0 Å². The maximum absolute atomic E-state index is 12.5. The van der Waals surface area contributed by atoms with Gasteiger partial charge in [-0.25, -0.2) is 0 Å². The predicted molar refractivity (Wildman–Crippen MR) is 99.2 cm³/mol. The van der Waals surface area contributed by atoms with Crippen LogP contribution < -0.4 is 10.9 Å². The molecular formula is C20H25N3O2. The van der Waals surface area contributed by atoms with Gasteiger partial charge in [-0.2, -0.15) is 0 Å². The standard InChI is InChI=1S/C20H25N3O2/c1-15(2)22-12-5-6-17(14-22)21-20(25)16-8-10-18(11-9-16)23-13-4-3-7-19(23)24/h3-4,7-11,13,15,17H,5-6,12,14H2,1-2H3,(H,21,25). The Balaban J connectivity index is 1.67. The molecule has 1 aliphatic rings. The summed E-state index contributed by atoms with van der Waals surface area (Å²) in [4.78, 5) is 26.8. The lowest BCUT2D eigenvalue weighted by molar-refractivity contribution is 0.0886. The lowest BCUT2D eigenvalue weighted by Gasteiger charge is -2.35. The van der Waals surface area contributed by atoms with Crippen LogP contribution in [0, 0.1) is 0 Å². The van der Waals surface area contributed by atoms with E-state index in [0.29, 0.717) is 11.6 Å². The number of amides is 1. The zero-order chi connectivity index (χ0) is 17.8. The second kappa shape index (κ2) is 7.66.